The molecular formula is C43H36N2O3. The molecule has 0 unspecified atom stereocenters. The van der Waals surface area contributed by atoms with Gasteiger partial charge in [0.25, 0.3) is 0 Å². The maximum atomic E-state index is 5.65. The molecule has 236 valence electrons. The molecule has 0 saturated heterocycles. The van der Waals surface area contributed by atoms with Crippen LogP contribution in [0.5, 0.6) is 11.5 Å². The number of furan rings is 1. The number of aryl methyl sites for hydroxylation is 2. The van der Waals surface area contributed by atoms with Crippen molar-refractivity contribution < 1.29 is 13.9 Å². The Balaban J connectivity index is 0.0000000938. The lowest BCUT2D eigenvalue weighted by atomic mass is 10.2. The highest BCUT2D eigenvalue weighted by molar-refractivity contribution is 6.07. The van der Waals surface area contributed by atoms with Crippen LogP contribution >= 0.6 is 0 Å². The van der Waals surface area contributed by atoms with Crippen LogP contribution in [0.3, 0.4) is 0 Å². The monoisotopic (exact) mass is 628 g/mol. The summed E-state index contributed by atoms with van der Waals surface area (Å²) in [4.78, 5) is 3.38. The highest BCUT2D eigenvalue weighted by Crippen LogP contribution is 2.29. The van der Waals surface area contributed by atoms with Gasteiger partial charge in [-0.15, -0.1) is 0 Å². The van der Waals surface area contributed by atoms with Gasteiger partial charge in [-0.1, -0.05) is 103 Å². The molecule has 5 heteroatoms. The number of rotatable bonds is 0. The van der Waals surface area contributed by atoms with Gasteiger partial charge in [-0.25, -0.2) is 0 Å². The third kappa shape index (κ3) is 5.98. The number of nitrogens with one attached hydrogen (secondary N) is 1. The van der Waals surface area contributed by atoms with E-state index in [4.69, 9.17) is 13.9 Å². The molecular weight excluding hydrogens is 592 g/mol. The van der Waals surface area contributed by atoms with E-state index in [1.165, 1.54) is 68.6 Å². The lowest BCUT2D eigenvalue weighted by molar-refractivity contribution is 0.171. The van der Waals surface area contributed by atoms with E-state index >= 15 is 0 Å². The number of benzene rings is 6. The van der Waals surface area contributed by atoms with Gasteiger partial charge in [0.1, 0.15) is 24.4 Å². The van der Waals surface area contributed by atoms with Gasteiger partial charge in [0.2, 0.25) is 0 Å². The summed E-state index contributed by atoms with van der Waals surface area (Å²) in [7, 11) is 0. The first kappa shape index (κ1) is 29.5. The van der Waals surface area contributed by atoms with Gasteiger partial charge in [-0.05, 0) is 66.8 Å². The number of hydrogen-bond acceptors (Lipinski definition) is 3. The molecule has 5 nitrogen and oxygen atoms in total. The molecule has 2 aliphatic heterocycles. The zero-order chi connectivity index (χ0) is 32.1. The summed E-state index contributed by atoms with van der Waals surface area (Å²) in [6.07, 6.45) is 2.58. The van der Waals surface area contributed by atoms with E-state index in [0.29, 0.717) is 13.2 Å². The Hall–Kier alpha value is -5.94. The van der Waals surface area contributed by atoms with Crippen LogP contribution in [-0.4, -0.2) is 22.8 Å². The van der Waals surface area contributed by atoms with Gasteiger partial charge < -0.3 is 23.4 Å². The van der Waals surface area contributed by atoms with Crippen LogP contribution in [-0.2, 0) is 13.0 Å². The van der Waals surface area contributed by atoms with Crippen LogP contribution in [0.1, 0.15) is 12.1 Å². The fraction of sp³-hybridized carbons (Fsp3) is 0.116. The standard InChI is InChI=1S/C12H9N.C12H8O.C11H11N.C8H8O2/c2*1-3-7-11-9(5-1)10-6-2-4-8-12(10)13-11;1-2-6-11-9(4-1)8-10-5-3-7-12(10)11;1-2-4-8-7(3-1)9-5-6-10-8/h1-8,13H;1-8H;1-2,4,6,8H,3,5,7H2;1-4H,5-6H2. The summed E-state index contributed by atoms with van der Waals surface area (Å²) < 4.78 is 18.7. The van der Waals surface area contributed by atoms with Gasteiger partial charge in [0.15, 0.2) is 11.5 Å². The second-order valence-corrected chi connectivity index (χ2v) is 11.9. The smallest absolute Gasteiger partial charge is 0.161 e. The quantitative estimate of drug-likeness (QED) is 0.182. The number of aromatic amines is 1. The predicted molar refractivity (Wildman–Crippen MR) is 197 cm³/mol. The molecule has 0 saturated carbocycles. The summed E-state index contributed by atoms with van der Waals surface area (Å²) in [5, 5.41) is 6.39. The van der Waals surface area contributed by atoms with Crippen molar-refractivity contribution in [2.75, 3.05) is 13.2 Å². The molecule has 11 rings (SSSR count). The van der Waals surface area contributed by atoms with E-state index in [1.54, 1.807) is 0 Å². The summed E-state index contributed by atoms with van der Waals surface area (Å²) in [5.74, 6) is 1.71. The van der Waals surface area contributed by atoms with E-state index in [9.17, 15) is 0 Å². The third-order valence-electron chi connectivity index (χ3n) is 8.86. The first-order valence-corrected chi connectivity index (χ1v) is 16.6. The summed E-state index contributed by atoms with van der Waals surface area (Å²) >= 11 is 0. The first-order chi connectivity index (χ1) is 23.8. The van der Waals surface area contributed by atoms with E-state index in [-0.39, 0.29) is 0 Å². The molecule has 0 amide bonds. The van der Waals surface area contributed by atoms with E-state index < -0.39 is 0 Å². The van der Waals surface area contributed by atoms with Crippen LogP contribution in [0.4, 0.5) is 0 Å². The normalized spacial score (nSPS) is 12.9. The van der Waals surface area contributed by atoms with Crippen LogP contribution in [0, 0.1) is 0 Å². The Bertz CT molecular complexity index is 2230. The van der Waals surface area contributed by atoms with Crippen molar-refractivity contribution in [2.24, 2.45) is 0 Å². The van der Waals surface area contributed by atoms with Gasteiger partial charge in [0, 0.05) is 50.3 Å². The maximum absolute atomic E-state index is 5.65. The van der Waals surface area contributed by atoms with Crippen molar-refractivity contribution in [2.45, 2.75) is 19.4 Å². The average molecular weight is 629 g/mol. The number of aromatic nitrogens is 2. The molecule has 0 radical (unpaired) electrons. The second-order valence-electron chi connectivity index (χ2n) is 11.9. The summed E-state index contributed by atoms with van der Waals surface area (Å²) in [6.45, 7) is 2.54. The number of nitrogens with zero attached hydrogens (tertiary/aromatic N) is 1. The summed E-state index contributed by atoms with van der Waals surface area (Å²) in [5.41, 5.74) is 7.26. The number of para-hydroxylation sites is 7. The van der Waals surface area contributed by atoms with Gasteiger partial charge >= 0.3 is 0 Å². The Kier molecular flexibility index (Phi) is 8.24. The Morgan fingerprint density at radius 1 is 0.500 bits per heavy atom. The molecule has 0 aliphatic carbocycles. The Labute approximate surface area is 278 Å². The zero-order valence-electron chi connectivity index (χ0n) is 26.6. The minimum absolute atomic E-state index is 0.664. The van der Waals surface area contributed by atoms with Gasteiger partial charge in [-0.2, -0.15) is 0 Å². The molecule has 0 atom stereocenters. The maximum Gasteiger partial charge on any atom is 0.161 e. The number of hydrogen-bond donors (Lipinski definition) is 1. The fourth-order valence-corrected chi connectivity index (χ4v) is 6.62. The van der Waals surface area contributed by atoms with Crippen LogP contribution in [0.2, 0.25) is 0 Å². The van der Waals surface area contributed by atoms with Gasteiger partial charge in [-0.3, -0.25) is 0 Å². The number of ether oxygens (including phenoxy) is 2. The topological polar surface area (TPSA) is 52.3 Å². The second kappa shape index (κ2) is 13.4. The Morgan fingerprint density at radius 2 is 1.00 bits per heavy atom. The minimum atomic E-state index is 0.664. The molecule has 9 aromatic rings. The van der Waals surface area contributed by atoms with Crippen molar-refractivity contribution in [3.63, 3.8) is 0 Å². The minimum Gasteiger partial charge on any atom is -0.486 e. The lowest BCUT2D eigenvalue weighted by Gasteiger charge is -2.17. The average Bonchev–Trinajstić information content (AvgIpc) is 3.94. The molecule has 1 N–H and O–H groups in total. The van der Waals surface area contributed by atoms with Crippen LogP contribution < -0.4 is 9.47 Å². The van der Waals surface area contributed by atoms with E-state index in [2.05, 4.69) is 101 Å². The predicted octanol–water partition coefficient (Wildman–Crippen LogP) is 11.0. The highest BCUT2D eigenvalue weighted by Gasteiger charge is 2.13. The largest absolute Gasteiger partial charge is 0.486 e. The molecule has 3 aromatic heterocycles. The van der Waals surface area contributed by atoms with E-state index in [0.717, 1.165) is 22.7 Å². The van der Waals surface area contributed by atoms with Crippen molar-refractivity contribution in [3.8, 4) is 11.5 Å². The van der Waals surface area contributed by atoms with Crippen molar-refractivity contribution in [3.05, 3.63) is 157 Å². The molecule has 0 spiro atoms. The summed E-state index contributed by atoms with van der Waals surface area (Å²) in [6, 6.07) is 51.6. The SMILES string of the molecule is c1ccc2c(c1)OCCO2.c1ccc2c(c1)[nH]c1ccccc12.c1ccc2c(c1)cc1n2CCC1.c1ccc2c(c1)oc1ccccc12. The van der Waals surface area contributed by atoms with Gasteiger partial charge in [0.05, 0.1) is 0 Å². The molecule has 0 fully saturated rings. The molecule has 2 aliphatic rings. The first-order valence-electron chi connectivity index (χ1n) is 16.6. The highest BCUT2D eigenvalue weighted by atomic mass is 16.6. The fourth-order valence-electron chi connectivity index (χ4n) is 6.62. The Morgan fingerprint density at radius 3 is 1.62 bits per heavy atom. The van der Waals surface area contributed by atoms with Crippen molar-refractivity contribution in [1.82, 2.24) is 9.55 Å². The molecule has 0 bridgehead atoms. The molecule has 6 aromatic carbocycles. The van der Waals surface area contributed by atoms with Crippen LogP contribution in [0.25, 0.3) is 54.6 Å². The number of fused-ring (bicyclic) bond motifs is 10. The van der Waals surface area contributed by atoms with Crippen molar-refractivity contribution in [1.29, 1.82) is 0 Å². The van der Waals surface area contributed by atoms with E-state index in [1.807, 2.05) is 60.7 Å². The molecule has 5 heterocycles. The van der Waals surface area contributed by atoms with Crippen molar-refractivity contribution >= 4 is 54.6 Å². The molecule has 48 heavy (non-hydrogen) atoms. The third-order valence-corrected chi connectivity index (χ3v) is 8.86. The zero-order valence-corrected chi connectivity index (χ0v) is 26.6. The number of H-pyrrole nitrogens is 1. The lowest BCUT2D eigenvalue weighted by Crippen LogP contribution is -2.14. The van der Waals surface area contributed by atoms with Crippen LogP contribution in [0.15, 0.2) is 156 Å².